The molecule has 28 heavy (non-hydrogen) atoms. The summed E-state index contributed by atoms with van der Waals surface area (Å²) in [4.78, 5) is 0. The number of alkyl halides is 5. The zero-order chi connectivity index (χ0) is 20.4. The Morgan fingerprint density at radius 3 is 2.29 bits per heavy atom. The third-order valence-electron chi connectivity index (χ3n) is 3.60. The van der Waals surface area contributed by atoms with E-state index in [1.54, 1.807) is 12.1 Å². The molecule has 0 aliphatic rings. The summed E-state index contributed by atoms with van der Waals surface area (Å²) >= 11 is 0. The van der Waals surface area contributed by atoms with E-state index < -0.39 is 37.1 Å². The second kappa shape index (κ2) is 7.40. The van der Waals surface area contributed by atoms with E-state index >= 15 is 0 Å². The molecule has 0 atom stereocenters. The van der Waals surface area contributed by atoms with Crippen molar-refractivity contribution in [2.24, 2.45) is 0 Å². The van der Waals surface area contributed by atoms with Gasteiger partial charge in [-0.05, 0) is 35.4 Å². The highest BCUT2D eigenvalue weighted by Gasteiger charge is 2.37. The van der Waals surface area contributed by atoms with E-state index in [1.165, 1.54) is 24.4 Å². The summed E-state index contributed by atoms with van der Waals surface area (Å²) in [6.07, 6.45) is -3.47. The summed E-state index contributed by atoms with van der Waals surface area (Å²) in [5.41, 5.74) is 1.07. The molecule has 0 unspecified atom stereocenters. The summed E-state index contributed by atoms with van der Waals surface area (Å²) in [6, 6.07) is 9.56. The topological polar surface area (TPSA) is 72.4 Å². The quantitative estimate of drug-likeness (QED) is 0.465. The van der Waals surface area contributed by atoms with Crippen LogP contribution < -0.4 is 4.74 Å². The van der Waals surface area contributed by atoms with Crippen LogP contribution in [0.15, 0.2) is 42.6 Å². The lowest BCUT2D eigenvalue weighted by atomic mass is 10.1. The van der Waals surface area contributed by atoms with E-state index in [1.807, 2.05) is 0 Å². The summed E-state index contributed by atoms with van der Waals surface area (Å²) in [7, 11) is 0. The van der Waals surface area contributed by atoms with E-state index in [4.69, 9.17) is 5.26 Å². The highest BCUT2D eigenvalue weighted by Crippen LogP contribution is 2.30. The van der Waals surface area contributed by atoms with Gasteiger partial charge < -0.3 is 9.47 Å². The predicted octanol–water partition coefficient (Wildman–Crippen LogP) is 3.93. The van der Waals surface area contributed by atoms with Crippen molar-refractivity contribution >= 4 is 5.65 Å². The SMILES string of the molecule is N#CCOCC(F)(F)c1nnc2ccc(-c3ccc(OC(F)(F)F)cc3)cn12. The molecular formula is C17H11F5N4O2. The van der Waals surface area contributed by atoms with Crippen LogP contribution in [0.2, 0.25) is 0 Å². The normalized spacial score (nSPS) is 12.1. The van der Waals surface area contributed by atoms with E-state index in [0.29, 0.717) is 11.1 Å². The molecule has 0 aliphatic heterocycles. The Morgan fingerprint density at radius 1 is 0.964 bits per heavy atom. The predicted molar refractivity (Wildman–Crippen MR) is 85.4 cm³/mol. The highest BCUT2D eigenvalue weighted by molar-refractivity contribution is 5.65. The van der Waals surface area contributed by atoms with Crippen molar-refractivity contribution < 1.29 is 31.4 Å². The number of nitrogens with zero attached hydrogens (tertiary/aromatic N) is 4. The number of halogens is 5. The zero-order valence-electron chi connectivity index (χ0n) is 14.0. The first-order valence-electron chi connectivity index (χ1n) is 7.73. The van der Waals surface area contributed by atoms with E-state index in [9.17, 15) is 22.0 Å². The fourth-order valence-corrected chi connectivity index (χ4v) is 2.45. The van der Waals surface area contributed by atoms with Crippen molar-refractivity contribution in [2.45, 2.75) is 12.3 Å². The van der Waals surface area contributed by atoms with Crippen molar-refractivity contribution in [3.8, 4) is 22.9 Å². The Bertz CT molecular complexity index is 1010. The average molecular weight is 398 g/mol. The van der Waals surface area contributed by atoms with Crippen LogP contribution in [0.1, 0.15) is 5.82 Å². The van der Waals surface area contributed by atoms with Crippen LogP contribution in [-0.4, -0.2) is 34.2 Å². The number of aromatic nitrogens is 3. The highest BCUT2D eigenvalue weighted by atomic mass is 19.4. The standard InChI is InChI=1S/C17H11F5N4O2/c18-16(19,10-27-8-7-23)15-25-24-14-6-3-12(9-26(14)15)11-1-4-13(5-2-11)28-17(20,21)22/h1-6,9H,8,10H2. The first kappa shape index (κ1) is 19.5. The molecule has 2 aromatic heterocycles. The molecule has 146 valence electrons. The second-order valence-electron chi connectivity index (χ2n) is 5.60. The van der Waals surface area contributed by atoms with Gasteiger partial charge in [0.25, 0.3) is 0 Å². The van der Waals surface area contributed by atoms with Crippen LogP contribution in [0.5, 0.6) is 5.75 Å². The fourth-order valence-electron chi connectivity index (χ4n) is 2.45. The fraction of sp³-hybridized carbons (Fsp3) is 0.235. The Morgan fingerprint density at radius 2 is 1.64 bits per heavy atom. The van der Waals surface area contributed by atoms with Gasteiger partial charge in [-0.15, -0.1) is 23.4 Å². The molecule has 0 saturated heterocycles. The minimum atomic E-state index is -4.81. The van der Waals surface area contributed by atoms with Crippen LogP contribution in [-0.2, 0) is 10.7 Å². The van der Waals surface area contributed by atoms with Gasteiger partial charge in [-0.3, -0.25) is 4.40 Å². The molecule has 0 bridgehead atoms. The smallest absolute Gasteiger partial charge is 0.406 e. The number of hydrogen-bond donors (Lipinski definition) is 0. The molecule has 2 heterocycles. The van der Waals surface area contributed by atoms with Crippen LogP contribution in [0.3, 0.4) is 0 Å². The van der Waals surface area contributed by atoms with E-state index in [2.05, 4.69) is 19.7 Å². The van der Waals surface area contributed by atoms with Crippen molar-refractivity contribution in [3.63, 3.8) is 0 Å². The number of rotatable bonds is 6. The molecule has 3 aromatic rings. The van der Waals surface area contributed by atoms with E-state index in [0.717, 1.165) is 16.5 Å². The van der Waals surface area contributed by atoms with E-state index in [-0.39, 0.29) is 5.65 Å². The largest absolute Gasteiger partial charge is 0.573 e. The molecule has 0 spiro atoms. The molecule has 6 nitrogen and oxygen atoms in total. The number of benzene rings is 1. The van der Waals surface area contributed by atoms with Crippen LogP contribution in [0, 0.1) is 11.3 Å². The van der Waals surface area contributed by atoms with Gasteiger partial charge in [0.1, 0.15) is 19.0 Å². The third-order valence-corrected chi connectivity index (χ3v) is 3.60. The van der Waals surface area contributed by atoms with Crippen molar-refractivity contribution in [3.05, 3.63) is 48.4 Å². The summed E-state index contributed by atoms with van der Waals surface area (Å²) in [6.45, 7) is -1.54. The van der Waals surface area contributed by atoms with Gasteiger partial charge in [0.2, 0.25) is 5.82 Å². The molecular weight excluding hydrogens is 387 g/mol. The van der Waals surface area contributed by atoms with Gasteiger partial charge in [0.15, 0.2) is 5.65 Å². The molecule has 0 radical (unpaired) electrons. The molecule has 3 rings (SSSR count). The Hall–Kier alpha value is -3.26. The van der Waals surface area contributed by atoms with Gasteiger partial charge in [0.05, 0.1) is 6.07 Å². The molecule has 0 amide bonds. The zero-order valence-corrected chi connectivity index (χ0v) is 14.0. The first-order chi connectivity index (χ1) is 13.2. The maximum Gasteiger partial charge on any atom is 0.573 e. The number of nitriles is 1. The molecule has 0 fully saturated rings. The molecule has 1 aromatic carbocycles. The Labute approximate surface area is 154 Å². The number of pyridine rings is 1. The maximum atomic E-state index is 14.3. The Kier molecular flexibility index (Phi) is 5.15. The van der Waals surface area contributed by atoms with Crippen molar-refractivity contribution in [1.29, 1.82) is 5.26 Å². The van der Waals surface area contributed by atoms with Gasteiger partial charge in [-0.1, -0.05) is 12.1 Å². The number of fused-ring (bicyclic) bond motifs is 1. The number of hydrogen-bond acceptors (Lipinski definition) is 5. The lowest BCUT2D eigenvalue weighted by Gasteiger charge is -2.14. The minimum absolute atomic E-state index is 0.149. The van der Waals surface area contributed by atoms with Crippen LogP contribution in [0.25, 0.3) is 16.8 Å². The molecule has 0 N–H and O–H groups in total. The summed E-state index contributed by atoms with van der Waals surface area (Å²) in [5.74, 6) is -4.58. The Balaban J connectivity index is 1.91. The second-order valence-corrected chi connectivity index (χ2v) is 5.60. The van der Waals surface area contributed by atoms with Gasteiger partial charge in [0, 0.05) is 6.20 Å². The van der Waals surface area contributed by atoms with Crippen LogP contribution >= 0.6 is 0 Å². The third kappa shape index (κ3) is 4.34. The molecule has 0 saturated carbocycles. The molecule has 11 heteroatoms. The lowest BCUT2D eigenvalue weighted by molar-refractivity contribution is -0.274. The van der Waals surface area contributed by atoms with Crippen LogP contribution in [0.4, 0.5) is 22.0 Å². The summed E-state index contributed by atoms with van der Waals surface area (Å²) in [5, 5.41) is 15.5. The van der Waals surface area contributed by atoms with Crippen molar-refractivity contribution in [2.75, 3.05) is 13.2 Å². The van der Waals surface area contributed by atoms with Crippen molar-refractivity contribution in [1.82, 2.24) is 14.6 Å². The van der Waals surface area contributed by atoms with Gasteiger partial charge in [-0.25, -0.2) is 0 Å². The van der Waals surface area contributed by atoms with Gasteiger partial charge in [-0.2, -0.15) is 14.0 Å². The minimum Gasteiger partial charge on any atom is -0.406 e. The monoisotopic (exact) mass is 398 g/mol. The lowest BCUT2D eigenvalue weighted by Crippen LogP contribution is -2.24. The maximum absolute atomic E-state index is 14.3. The first-order valence-corrected chi connectivity index (χ1v) is 7.73. The summed E-state index contributed by atoms with van der Waals surface area (Å²) < 4.78 is 74.8. The molecule has 0 aliphatic carbocycles. The average Bonchev–Trinajstić information content (AvgIpc) is 3.05. The van der Waals surface area contributed by atoms with Gasteiger partial charge >= 0.3 is 12.3 Å². The number of ether oxygens (including phenoxy) is 2.